The van der Waals surface area contributed by atoms with E-state index in [-0.39, 0.29) is 11.9 Å². The molecular weight excluding hydrogens is 390 g/mol. The molecule has 2 aromatic rings. The van der Waals surface area contributed by atoms with E-state index < -0.39 is 18.6 Å². The van der Waals surface area contributed by atoms with E-state index in [0.29, 0.717) is 5.56 Å². The van der Waals surface area contributed by atoms with Crippen molar-refractivity contribution in [2.24, 2.45) is 0 Å². The molecule has 1 aromatic heterocycles. The summed E-state index contributed by atoms with van der Waals surface area (Å²) in [4.78, 5) is 29.8. The molecule has 0 saturated heterocycles. The van der Waals surface area contributed by atoms with Crippen molar-refractivity contribution >= 4 is 22.7 Å². The van der Waals surface area contributed by atoms with Gasteiger partial charge in [0.25, 0.3) is 5.91 Å². The van der Waals surface area contributed by atoms with Crippen LogP contribution in [0.1, 0.15) is 81.0 Å². The highest BCUT2D eigenvalue weighted by Crippen LogP contribution is 2.17. The number of para-hydroxylation sites is 1. The van der Waals surface area contributed by atoms with E-state index in [1.165, 1.54) is 51.1 Å². The van der Waals surface area contributed by atoms with Crippen LogP contribution in [0.5, 0.6) is 0 Å². The molecule has 1 heterocycles. The number of fused-ring (bicyclic) bond motifs is 1. The molecule has 2 amide bonds. The minimum absolute atomic E-state index is 0.0974. The van der Waals surface area contributed by atoms with Gasteiger partial charge in [-0.25, -0.2) is 0 Å². The van der Waals surface area contributed by atoms with E-state index in [0.717, 1.165) is 36.6 Å². The second-order valence-corrected chi connectivity index (χ2v) is 8.59. The highest BCUT2D eigenvalue weighted by Gasteiger charge is 2.23. The molecule has 3 N–H and O–H groups in total. The zero-order valence-electron chi connectivity index (χ0n) is 18.3. The van der Waals surface area contributed by atoms with E-state index in [2.05, 4.69) is 15.6 Å². The predicted octanol–water partition coefficient (Wildman–Crippen LogP) is 4.12. The molecule has 31 heavy (non-hydrogen) atoms. The number of hydrogen-bond acceptors (Lipinski definition) is 4. The van der Waals surface area contributed by atoms with Crippen molar-refractivity contribution < 1.29 is 14.7 Å². The maximum absolute atomic E-state index is 12.8. The number of aliphatic hydroxyl groups is 1. The van der Waals surface area contributed by atoms with Crippen molar-refractivity contribution in [1.82, 2.24) is 15.6 Å². The van der Waals surface area contributed by atoms with Crippen LogP contribution in [0.3, 0.4) is 0 Å². The number of carbonyl (C=O) groups is 2. The van der Waals surface area contributed by atoms with Crippen molar-refractivity contribution in [3.8, 4) is 0 Å². The minimum atomic E-state index is -0.972. The number of amides is 2. The molecule has 168 valence electrons. The summed E-state index contributed by atoms with van der Waals surface area (Å²) in [6.07, 6.45) is 14.5. The molecule has 1 fully saturated rings. The topological polar surface area (TPSA) is 91.3 Å². The molecule has 6 heteroatoms. The molecule has 0 radical (unpaired) electrons. The Bertz CT molecular complexity index is 843. The molecule has 0 aliphatic heterocycles. The van der Waals surface area contributed by atoms with Crippen LogP contribution >= 0.6 is 0 Å². The Morgan fingerprint density at radius 3 is 2.23 bits per heavy atom. The van der Waals surface area contributed by atoms with Crippen LogP contribution in [-0.2, 0) is 4.79 Å². The number of aliphatic hydroxyl groups excluding tert-OH is 1. The zero-order chi connectivity index (χ0) is 21.9. The van der Waals surface area contributed by atoms with E-state index in [1.54, 1.807) is 6.07 Å². The van der Waals surface area contributed by atoms with Crippen LogP contribution in [0.4, 0.5) is 0 Å². The lowest BCUT2D eigenvalue weighted by Crippen LogP contribution is -2.51. The van der Waals surface area contributed by atoms with E-state index >= 15 is 0 Å². The third-order valence-electron chi connectivity index (χ3n) is 6.11. The highest BCUT2D eigenvalue weighted by molar-refractivity contribution is 5.99. The molecule has 0 bridgehead atoms. The maximum Gasteiger partial charge on any atom is 0.253 e. The third kappa shape index (κ3) is 7.31. The van der Waals surface area contributed by atoms with Gasteiger partial charge in [0.1, 0.15) is 6.04 Å². The maximum atomic E-state index is 12.8. The first-order valence-electron chi connectivity index (χ1n) is 11.7. The van der Waals surface area contributed by atoms with Crippen molar-refractivity contribution in [3.63, 3.8) is 0 Å². The molecule has 1 atom stereocenters. The monoisotopic (exact) mass is 425 g/mol. The van der Waals surface area contributed by atoms with Gasteiger partial charge < -0.3 is 15.7 Å². The number of rotatable bonds is 5. The fourth-order valence-corrected chi connectivity index (χ4v) is 4.24. The average molecular weight is 426 g/mol. The summed E-state index contributed by atoms with van der Waals surface area (Å²) in [6, 6.07) is 8.42. The highest BCUT2D eigenvalue weighted by atomic mass is 16.3. The lowest BCUT2D eigenvalue weighted by Gasteiger charge is -2.23. The van der Waals surface area contributed by atoms with Gasteiger partial charge in [-0.3, -0.25) is 14.6 Å². The summed E-state index contributed by atoms with van der Waals surface area (Å²) < 4.78 is 0. The summed E-state index contributed by atoms with van der Waals surface area (Å²) >= 11 is 0. The van der Waals surface area contributed by atoms with Crippen LogP contribution in [-0.4, -0.2) is 40.6 Å². The number of nitrogens with zero attached hydrogens (tertiary/aromatic N) is 1. The summed E-state index contributed by atoms with van der Waals surface area (Å²) in [7, 11) is 0. The van der Waals surface area contributed by atoms with E-state index in [9.17, 15) is 14.7 Å². The third-order valence-corrected chi connectivity index (χ3v) is 6.11. The lowest BCUT2D eigenvalue weighted by atomic mass is 9.97. The zero-order valence-corrected chi connectivity index (χ0v) is 18.3. The fourth-order valence-electron chi connectivity index (χ4n) is 4.24. The molecule has 1 aliphatic rings. The Morgan fingerprint density at radius 2 is 1.58 bits per heavy atom. The lowest BCUT2D eigenvalue weighted by molar-refractivity contribution is -0.124. The van der Waals surface area contributed by atoms with Crippen LogP contribution < -0.4 is 10.6 Å². The molecule has 1 aliphatic carbocycles. The Balaban J connectivity index is 1.57. The second-order valence-electron chi connectivity index (χ2n) is 8.59. The van der Waals surface area contributed by atoms with Crippen molar-refractivity contribution in [1.29, 1.82) is 0 Å². The van der Waals surface area contributed by atoms with Crippen molar-refractivity contribution in [3.05, 3.63) is 42.1 Å². The summed E-state index contributed by atoms with van der Waals surface area (Å²) in [6.45, 7) is -0.439. The molecule has 3 rings (SSSR count). The van der Waals surface area contributed by atoms with Gasteiger partial charge in [0, 0.05) is 17.6 Å². The van der Waals surface area contributed by atoms with Crippen molar-refractivity contribution in [2.75, 3.05) is 6.61 Å². The fraction of sp³-hybridized carbons (Fsp3) is 0.560. The molecule has 6 nitrogen and oxygen atoms in total. The van der Waals surface area contributed by atoms with E-state index in [1.807, 2.05) is 24.3 Å². The largest absolute Gasteiger partial charge is 0.394 e. The second kappa shape index (κ2) is 12.4. The quantitative estimate of drug-likeness (QED) is 0.672. The van der Waals surface area contributed by atoms with Gasteiger partial charge in [0.2, 0.25) is 5.91 Å². The molecule has 0 spiro atoms. The Morgan fingerprint density at radius 1 is 0.968 bits per heavy atom. The van der Waals surface area contributed by atoms with Gasteiger partial charge in [0.15, 0.2) is 0 Å². The van der Waals surface area contributed by atoms with Crippen LogP contribution in [0.25, 0.3) is 10.9 Å². The number of hydrogen-bond donors (Lipinski definition) is 3. The standard InChI is InChI=1S/C25H35N3O3/c29-18-23(28-24(30)20-16-19-12-10-11-15-22(19)26-17-20)25(31)27-21-13-8-6-4-2-1-3-5-7-9-14-21/h10-12,15-17,21,23,29H,1-9,13-14,18H2,(H,27,31)(H,28,30). The molecular formula is C25H35N3O3. The smallest absolute Gasteiger partial charge is 0.253 e. The summed E-state index contributed by atoms with van der Waals surface area (Å²) in [5.74, 6) is -0.729. The van der Waals surface area contributed by atoms with Crippen LogP contribution in [0.15, 0.2) is 36.5 Å². The summed E-state index contributed by atoms with van der Waals surface area (Å²) in [5, 5.41) is 16.4. The van der Waals surface area contributed by atoms with Gasteiger partial charge in [-0.15, -0.1) is 0 Å². The normalized spacial score (nSPS) is 17.8. The molecule has 1 unspecified atom stereocenters. The first kappa shape index (κ1) is 23.2. The molecule has 1 aromatic carbocycles. The Hall–Kier alpha value is -2.47. The summed E-state index contributed by atoms with van der Waals surface area (Å²) in [5.41, 5.74) is 1.17. The average Bonchev–Trinajstić information content (AvgIpc) is 2.78. The number of aromatic nitrogens is 1. The number of carbonyl (C=O) groups excluding carboxylic acids is 2. The van der Waals surface area contributed by atoms with Gasteiger partial charge >= 0.3 is 0 Å². The van der Waals surface area contributed by atoms with Crippen molar-refractivity contribution in [2.45, 2.75) is 82.7 Å². The number of pyridine rings is 1. The van der Waals surface area contributed by atoms with Gasteiger partial charge in [-0.05, 0) is 25.0 Å². The number of nitrogens with one attached hydrogen (secondary N) is 2. The minimum Gasteiger partial charge on any atom is -0.394 e. The first-order valence-corrected chi connectivity index (χ1v) is 11.7. The van der Waals surface area contributed by atoms with Gasteiger partial charge in [0.05, 0.1) is 17.7 Å². The first-order chi connectivity index (χ1) is 15.2. The molecule has 1 saturated carbocycles. The van der Waals surface area contributed by atoms with Crippen LogP contribution in [0, 0.1) is 0 Å². The number of benzene rings is 1. The van der Waals surface area contributed by atoms with Gasteiger partial charge in [-0.2, -0.15) is 0 Å². The Labute approximate surface area is 184 Å². The predicted molar refractivity (Wildman–Crippen MR) is 123 cm³/mol. The van der Waals surface area contributed by atoms with Gasteiger partial charge in [-0.1, -0.05) is 76.0 Å². The SMILES string of the molecule is O=C(NC(CO)C(=O)NC1CCCCCCCCCCC1)c1cnc2ccccc2c1. The van der Waals surface area contributed by atoms with E-state index in [4.69, 9.17) is 0 Å². The Kier molecular flexibility index (Phi) is 9.28. The van der Waals surface area contributed by atoms with Crippen LogP contribution in [0.2, 0.25) is 0 Å².